The van der Waals surface area contributed by atoms with Gasteiger partial charge in [0.05, 0.1) is 5.75 Å². The summed E-state index contributed by atoms with van der Waals surface area (Å²) in [6.07, 6.45) is 3.36. The first-order valence-electron chi connectivity index (χ1n) is 9.64. The number of hydrogen-bond donors (Lipinski definition) is 0. The van der Waals surface area contributed by atoms with E-state index in [-0.39, 0.29) is 5.91 Å². The van der Waals surface area contributed by atoms with Crippen LogP contribution in [0.5, 0.6) is 0 Å². The van der Waals surface area contributed by atoms with Gasteiger partial charge in [0.2, 0.25) is 5.91 Å². The molecule has 1 aromatic heterocycles. The quantitative estimate of drug-likeness (QED) is 0.500. The molecule has 8 heteroatoms. The molecule has 0 unspecified atom stereocenters. The van der Waals surface area contributed by atoms with Gasteiger partial charge >= 0.3 is 0 Å². The van der Waals surface area contributed by atoms with Crippen LogP contribution in [0.1, 0.15) is 0 Å². The minimum absolute atomic E-state index is 0.132. The molecule has 2 aromatic carbocycles. The topological polar surface area (TPSA) is 49.3 Å². The van der Waals surface area contributed by atoms with Crippen LogP contribution in [0.3, 0.4) is 0 Å². The Hall–Kier alpha value is -2.22. The maximum absolute atomic E-state index is 12.7. The molecule has 0 saturated carbocycles. The van der Waals surface area contributed by atoms with Gasteiger partial charge < -0.3 is 9.80 Å². The number of piperazine rings is 1. The van der Waals surface area contributed by atoms with Crippen molar-refractivity contribution in [3.8, 4) is 0 Å². The molecule has 154 valence electrons. The molecule has 1 amide bonds. The molecular formula is C22H21ClN4OS2. The number of carbonyl (C=O) groups excluding carboxylic acids is 1. The van der Waals surface area contributed by atoms with Crippen LogP contribution in [0, 0.1) is 0 Å². The summed E-state index contributed by atoms with van der Waals surface area (Å²) in [5, 5.41) is 2.35. The predicted octanol–water partition coefficient (Wildman–Crippen LogP) is 4.72. The first kappa shape index (κ1) is 21.0. The zero-order valence-corrected chi connectivity index (χ0v) is 18.7. The predicted molar refractivity (Wildman–Crippen MR) is 124 cm³/mol. The Labute approximate surface area is 189 Å². The number of anilines is 1. The van der Waals surface area contributed by atoms with Crippen LogP contribution in [-0.2, 0) is 4.79 Å². The molecule has 5 nitrogen and oxygen atoms in total. The summed E-state index contributed by atoms with van der Waals surface area (Å²) in [4.78, 5) is 26.9. The van der Waals surface area contributed by atoms with Crippen molar-refractivity contribution in [3.05, 3.63) is 72.0 Å². The van der Waals surface area contributed by atoms with Crippen LogP contribution in [0.2, 0.25) is 5.02 Å². The highest BCUT2D eigenvalue weighted by Gasteiger charge is 2.22. The second-order valence-corrected chi connectivity index (χ2v) is 9.18. The van der Waals surface area contributed by atoms with E-state index in [9.17, 15) is 4.79 Å². The summed E-state index contributed by atoms with van der Waals surface area (Å²) in [5.74, 6) is 0.491. The summed E-state index contributed by atoms with van der Waals surface area (Å²) >= 11 is 9.11. The zero-order valence-electron chi connectivity index (χ0n) is 16.3. The molecule has 0 bridgehead atoms. The van der Waals surface area contributed by atoms with Gasteiger partial charge in [-0.1, -0.05) is 59.4 Å². The number of halogens is 1. The number of carbonyl (C=O) groups is 1. The SMILES string of the molecule is O=C(CSc1nccnc1Sc1ccccc1)N1CCN(c2cccc(Cl)c2)CC1. The first-order chi connectivity index (χ1) is 14.7. The Morgan fingerprint density at radius 3 is 2.40 bits per heavy atom. The maximum Gasteiger partial charge on any atom is 0.233 e. The van der Waals surface area contributed by atoms with Gasteiger partial charge in [0, 0.05) is 54.2 Å². The van der Waals surface area contributed by atoms with Crippen molar-refractivity contribution in [2.24, 2.45) is 0 Å². The maximum atomic E-state index is 12.7. The zero-order chi connectivity index (χ0) is 20.8. The van der Waals surface area contributed by atoms with E-state index in [0.29, 0.717) is 18.8 Å². The van der Waals surface area contributed by atoms with Crippen LogP contribution < -0.4 is 4.90 Å². The van der Waals surface area contributed by atoms with Crippen molar-refractivity contribution in [2.75, 3.05) is 36.8 Å². The molecule has 30 heavy (non-hydrogen) atoms. The van der Waals surface area contributed by atoms with E-state index in [1.165, 1.54) is 11.8 Å². The fourth-order valence-corrected chi connectivity index (χ4v) is 5.20. The van der Waals surface area contributed by atoms with Crippen LogP contribution >= 0.6 is 35.1 Å². The lowest BCUT2D eigenvalue weighted by Gasteiger charge is -2.36. The van der Waals surface area contributed by atoms with E-state index in [1.54, 1.807) is 24.2 Å². The molecule has 1 fully saturated rings. The minimum atomic E-state index is 0.132. The Morgan fingerprint density at radius 1 is 0.933 bits per heavy atom. The molecule has 2 heterocycles. The van der Waals surface area contributed by atoms with Crippen molar-refractivity contribution in [1.82, 2.24) is 14.9 Å². The summed E-state index contributed by atoms with van der Waals surface area (Å²) in [6.45, 7) is 3.02. The Bertz CT molecular complexity index is 997. The standard InChI is InChI=1S/C22H21ClN4OS2/c23-17-5-4-6-18(15-17)26-11-13-27(14-12-26)20(28)16-29-21-22(25-10-9-24-21)30-19-7-2-1-3-8-19/h1-10,15H,11-14,16H2. The van der Waals surface area contributed by atoms with Gasteiger partial charge in [0.15, 0.2) is 0 Å². The van der Waals surface area contributed by atoms with Crippen molar-refractivity contribution in [1.29, 1.82) is 0 Å². The molecule has 3 aromatic rings. The van der Waals surface area contributed by atoms with Gasteiger partial charge in [-0.2, -0.15) is 0 Å². The van der Waals surface area contributed by atoms with Crippen molar-refractivity contribution in [2.45, 2.75) is 14.9 Å². The van der Waals surface area contributed by atoms with Crippen molar-refractivity contribution in [3.63, 3.8) is 0 Å². The molecule has 1 aliphatic rings. The second kappa shape index (κ2) is 10.2. The fraction of sp³-hybridized carbons (Fsp3) is 0.227. The van der Waals surface area contributed by atoms with Gasteiger partial charge in [0.25, 0.3) is 0 Å². The third kappa shape index (κ3) is 5.47. The lowest BCUT2D eigenvalue weighted by molar-refractivity contribution is -0.128. The molecule has 0 spiro atoms. The van der Waals surface area contributed by atoms with Crippen LogP contribution in [0.25, 0.3) is 0 Å². The lowest BCUT2D eigenvalue weighted by atomic mass is 10.2. The summed E-state index contributed by atoms with van der Waals surface area (Å²) in [6, 6.07) is 17.9. The molecule has 4 rings (SSSR count). The number of nitrogens with zero attached hydrogens (tertiary/aromatic N) is 4. The van der Waals surface area contributed by atoms with Gasteiger partial charge in [-0.05, 0) is 30.3 Å². The van der Waals surface area contributed by atoms with Crippen molar-refractivity contribution < 1.29 is 4.79 Å². The molecule has 0 N–H and O–H groups in total. The Balaban J connectivity index is 1.31. The second-order valence-electron chi connectivity index (χ2n) is 6.72. The average molecular weight is 457 g/mol. The van der Waals surface area contributed by atoms with Crippen LogP contribution in [0.15, 0.2) is 81.9 Å². The smallest absolute Gasteiger partial charge is 0.233 e. The van der Waals surface area contributed by atoms with E-state index in [4.69, 9.17) is 11.6 Å². The van der Waals surface area contributed by atoms with E-state index in [0.717, 1.165) is 38.7 Å². The highest BCUT2D eigenvalue weighted by Crippen LogP contribution is 2.32. The molecule has 0 aliphatic carbocycles. The summed E-state index contributed by atoms with van der Waals surface area (Å²) < 4.78 is 0. The van der Waals surface area contributed by atoms with Crippen molar-refractivity contribution >= 4 is 46.7 Å². The normalized spacial score (nSPS) is 14.0. The van der Waals surface area contributed by atoms with Crippen LogP contribution in [0.4, 0.5) is 5.69 Å². The Morgan fingerprint density at radius 2 is 1.67 bits per heavy atom. The third-order valence-corrected chi connectivity index (χ3v) is 7.06. The molecule has 1 saturated heterocycles. The monoisotopic (exact) mass is 456 g/mol. The van der Waals surface area contributed by atoms with E-state index in [1.807, 2.05) is 53.4 Å². The number of thioether (sulfide) groups is 1. The lowest BCUT2D eigenvalue weighted by Crippen LogP contribution is -2.49. The number of aromatic nitrogens is 2. The molecular weight excluding hydrogens is 436 g/mol. The summed E-state index contributed by atoms with van der Waals surface area (Å²) in [7, 11) is 0. The van der Waals surface area contributed by atoms with Gasteiger partial charge in [-0.25, -0.2) is 9.97 Å². The average Bonchev–Trinajstić information content (AvgIpc) is 2.79. The largest absolute Gasteiger partial charge is 0.368 e. The van der Waals surface area contributed by atoms with E-state index in [2.05, 4.69) is 20.9 Å². The minimum Gasteiger partial charge on any atom is -0.368 e. The third-order valence-electron chi connectivity index (χ3n) is 4.73. The highest BCUT2D eigenvalue weighted by atomic mass is 35.5. The first-order valence-corrected chi connectivity index (χ1v) is 11.8. The van der Waals surface area contributed by atoms with Gasteiger partial charge in [-0.3, -0.25) is 4.79 Å². The van der Waals surface area contributed by atoms with Gasteiger partial charge in [0.1, 0.15) is 10.1 Å². The molecule has 1 aliphatic heterocycles. The number of rotatable bonds is 6. The number of hydrogen-bond acceptors (Lipinski definition) is 6. The summed E-state index contributed by atoms with van der Waals surface area (Å²) in [5.41, 5.74) is 1.10. The fourth-order valence-electron chi connectivity index (χ4n) is 3.19. The molecule has 0 radical (unpaired) electrons. The van der Waals surface area contributed by atoms with E-state index < -0.39 is 0 Å². The molecule has 0 atom stereocenters. The van der Waals surface area contributed by atoms with E-state index >= 15 is 0 Å². The number of amides is 1. The number of benzene rings is 2. The highest BCUT2D eigenvalue weighted by molar-refractivity contribution is 8.02. The van der Waals surface area contributed by atoms with Gasteiger partial charge in [-0.15, -0.1) is 0 Å². The van der Waals surface area contributed by atoms with Crippen LogP contribution in [-0.4, -0.2) is 52.7 Å². The Kier molecular flexibility index (Phi) is 7.15.